The molecule has 4 nitrogen and oxygen atoms in total. The van der Waals surface area contributed by atoms with Gasteiger partial charge < -0.3 is 10.3 Å². The highest BCUT2D eigenvalue weighted by atomic mass is 35.5. The van der Waals surface area contributed by atoms with Crippen molar-refractivity contribution < 1.29 is 8.78 Å². The summed E-state index contributed by atoms with van der Waals surface area (Å²) < 4.78 is 26.4. The van der Waals surface area contributed by atoms with Gasteiger partial charge >= 0.3 is 0 Å². The molecule has 0 saturated carbocycles. The Morgan fingerprint density at radius 3 is 2.43 bits per heavy atom. The van der Waals surface area contributed by atoms with Crippen molar-refractivity contribution in [1.29, 1.82) is 0 Å². The Bertz CT molecular complexity index is 576. The monoisotopic (exact) mass is 314 g/mol. The number of imidazole rings is 1. The number of hydrogen-bond donors (Lipinski definition) is 2. The van der Waals surface area contributed by atoms with Gasteiger partial charge in [-0.15, -0.1) is 12.4 Å². The molecule has 2 aromatic rings. The maximum Gasteiger partial charge on any atom is 0.137 e. The molecule has 21 heavy (non-hydrogen) atoms. The zero-order valence-electron chi connectivity index (χ0n) is 11.4. The van der Waals surface area contributed by atoms with Crippen molar-refractivity contribution in [2.24, 2.45) is 0 Å². The van der Waals surface area contributed by atoms with Crippen LogP contribution in [0.1, 0.15) is 5.69 Å². The highest BCUT2D eigenvalue weighted by Gasteiger charge is 2.12. The number of benzene rings is 1. The molecule has 0 aliphatic carbocycles. The first kappa shape index (κ1) is 15.9. The number of aromatic nitrogens is 2. The number of aromatic amines is 1. The van der Waals surface area contributed by atoms with Gasteiger partial charge in [0, 0.05) is 56.2 Å². The summed E-state index contributed by atoms with van der Waals surface area (Å²) in [5.74, 6) is -0.700. The number of nitrogens with one attached hydrogen (secondary N) is 2. The second-order valence-corrected chi connectivity index (χ2v) is 4.94. The summed E-state index contributed by atoms with van der Waals surface area (Å²) in [6.45, 7) is 4.71. The Hall–Kier alpha value is -1.50. The quantitative estimate of drug-likeness (QED) is 0.912. The predicted octanol–water partition coefficient (Wildman–Crippen LogP) is 2.18. The normalized spacial score (nSPS) is 15.7. The van der Waals surface area contributed by atoms with Crippen LogP contribution in [0.4, 0.5) is 8.78 Å². The van der Waals surface area contributed by atoms with E-state index in [1.807, 2.05) is 0 Å². The molecule has 1 aliphatic heterocycles. The van der Waals surface area contributed by atoms with Crippen LogP contribution in [0.3, 0.4) is 0 Å². The lowest BCUT2D eigenvalue weighted by Gasteiger charge is -2.26. The Morgan fingerprint density at radius 1 is 1.10 bits per heavy atom. The van der Waals surface area contributed by atoms with Gasteiger partial charge in [-0.1, -0.05) is 0 Å². The average molecular weight is 315 g/mol. The van der Waals surface area contributed by atoms with Gasteiger partial charge in [-0.05, 0) is 12.1 Å². The summed E-state index contributed by atoms with van der Waals surface area (Å²) in [6.07, 6.45) is 1.72. The number of halogens is 3. The third-order valence-electron chi connectivity index (χ3n) is 3.37. The summed E-state index contributed by atoms with van der Waals surface area (Å²) in [6, 6.07) is 3.40. The average Bonchev–Trinajstić information content (AvgIpc) is 2.87. The molecule has 114 valence electrons. The molecule has 0 bridgehead atoms. The molecule has 1 aliphatic rings. The van der Waals surface area contributed by atoms with E-state index in [1.165, 1.54) is 12.1 Å². The standard InChI is InChI=1S/C14H16F2N4.ClH/c15-11-5-10(6-12(16)7-11)14-18-8-13(19-14)9-20-3-1-17-2-4-20;/h5-8,17H,1-4,9H2,(H,18,19);1H. The van der Waals surface area contributed by atoms with Crippen molar-refractivity contribution in [2.75, 3.05) is 26.2 Å². The summed E-state index contributed by atoms with van der Waals surface area (Å²) in [5, 5.41) is 3.29. The van der Waals surface area contributed by atoms with Crippen molar-refractivity contribution in [3.63, 3.8) is 0 Å². The first-order chi connectivity index (χ1) is 9.70. The first-order valence-electron chi connectivity index (χ1n) is 6.64. The molecule has 0 unspecified atom stereocenters. The van der Waals surface area contributed by atoms with E-state index >= 15 is 0 Å². The maximum atomic E-state index is 13.2. The van der Waals surface area contributed by atoms with Gasteiger partial charge in [0.25, 0.3) is 0 Å². The van der Waals surface area contributed by atoms with Crippen LogP contribution < -0.4 is 5.32 Å². The maximum absolute atomic E-state index is 13.2. The van der Waals surface area contributed by atoms with Crippen molar-refractivity contribution in [2.45, 2.75) is 6.54 Å². The molecule has 1 aromatic carbocycles. The van der Waals surface area contributed by atoms with Crippen LogP contribution in [-0.4, -0.2) is 41.0 Å². The van der Waals surface area contributed by atoms with E-state index < -0.39 is 11.6 Å². The molecule has 0 radical (unpaired) electrons. The topological polar surface area (TPSA) is 44.0 Å². The third kappa shape index (κ3) is 4.00. The summed E-state index contributed by atoms with van der Waals surface area (Å²) in [7, 11) is 0. The number of nitrogens with zero attached hydrogens (tertiary/aromatic N) is 2. The molecule has 0 amide bonds. The zero-order chi connectivity index (χ0) is 13.9. The lowest BCUT2D eigenvalue weighted by atomic mass is 10.2. The highest BCUT2D eigenvalue weighted by molar-refractivity contribution is 5.85. The molecule has 1 aromatic heterocycles. The second-order valence-electron chi connectivity index (χ2n) is 4.94. The fourth-order valence-electron chi connectivity index (χ4n) is 2.39. The van der Waals surface area contributed by atoms with Gasteiger partial charge in [0.05, 0.1) is 0 Å². The van der Waals surface area contributed by atoms with E-state index in [1.54, 1.807) is 6.20 Å². The van der Waals surface area contributed by atoms with Gasteiger partial charge in [-0.3, -0.25) is 4.90 Å². The van der Waals surface area contributed by atoms with Gasteiger partial charge in [0.1, 0.15) is 17.5 Å². The minimum Gasteiger partial charge on any atom is -0.341 e. The Morgan fingerprint density at radius 2 is 1.76 bits per heavy atom. The van der Waals surface area contributed by atoms with Gasteiger partial charge in [-0.25, -0.2) is 13.8 Å². The molecule has 2 heterocycles. The predicted molar refractivity (Wildman–Crippen MR) is 79.3 cm³/mol. The highest BCUT2D eigenvalue weighted by Crippen LogP contribution is 2.19. The number of piperazine rings is 1. The lowest BCUT2D eigenvalue weighted by molar-refractivity contribution is 0.231. The SMILES string of the molecule is Cl.Fc1cc(F)cc(-c2ncc(CN3CCNCC3)[nH]2)c1. The molecular weight excluding hydrogens is 298 g/mol. The number of H-pyrrole nitrogens is 1. The van der Waals surface area contributed by atoms with E-state index in [4.69, 9.17) is 0 Å². The van der Waals surface area contributed by atoms with Crippen LogP contribution in [0.15, 0.2) is 24.4 Å². The van der Waals surface area contributed by atoms with Crippen LogP contribution in [0.25, 0.3) is 11.4 Å². The van der Waals surface area contributed by atoms with Gasteiger partial charge in [-0.2, -0.15) is 0 Å². The van der Waals surface area contributed by atoms with Crippen molar-refractivity contribution in [3.05, 3.63) is 41.7 Å². The minimum absolute atomic E-state index is 0. The molecule has 1 fully saturated rings. The lowest BCUT2D eigenvalue weighted by Crippen LogP contribution is -2.42. The van der Waals surface area contributed by atoms with E-state index in [9.17, 15) is 8.78 Å². The van der Waals surface area contributed by atoms with E-state index in [0.717, 1.165) is 44.5 Å². The Balaban J connectivity index is 0.00000161. The fourth-order valence-corrected chi connectivity index (χ4v) is 2.39. The number of hydrogen-bond acceptors (Lipinski definition) is 3. The summed E-state index contributed by atoms with van der Waals surface area (Å²) in [5.41, 5.74) is 1.38. The first-order valence-corrected chi connectivity index (χ1v) is 6.64. The molecule has 0 atom stereocenters. The molecule has 3 rings (SSSR count). The van der Waals surface area contributed by atoms with Crippen LogP contribution in [0.2, 0.25) is 0 Å². The van der Waals surface area contributed by atoms with E-state index in [2.05, 4.69) is 20.2 Å². The second kappa shape index (κ2) is 6.98. The van der Waals surface area contributed by atoms with Gasteiger partial charge in [0.2, 0.25) is 0 Å². The summed E-state index contributed by atoms with van der Waals surface area (Å²) >= 11 is 0. The number of rotatable bonds is 3. The van der Waals surface area contributed by atoms with Crippen LogP contribution in [0.5, 0.6) is 0 Å². The van der Waals surface area contributed by atoms with Crippen molar-refractivity contribution in [3.8, 4) is 11.4 Å². The molecule has 0 spiro atoms. The molecule has 7 heteroatoms. The van der Waals surface area contributed by atoms with Crippen LogP contribution >= 0.6 is 12.4 Å². The third-order valence-corrected chi connectivity index (χ3v) is 3.37. The minimum atomic E-state index is -0.597. The van der Waals surface area contributed by atoms with Gasteiger partial charge in [0.15, 0.2) is 0 Å². The smallest absolute Gasteiger partial charge is 0.137 e. The van der Waals surface area contributed by atoms with Crippen molar-refractivity contribution in [1.82, 2.24) is 20.2 Å². The largest absolute Gasteiger partial charge is 0.341 e. The molecule has 2 N–H and O–H groups in total. The van der Waals surface area contributed by atoms with E-state index in [-0.39, 0.29) is 12.4 Å². The van der Waals surface area contributed by atoms with Crippen LogP contribution in [-0.2, 0) is 6.54 Å². The van der Waals surface area contributed by atoms with Crippen molar-refractivity contribution >= 4 is 12.4 Å². The summed E-state index contributed by atoms with van der Waals surface area (Å²) in [4.78, 5) is 9.63. The Labute approximate surface area is 128 Å². The fraction of sp³-hybridized carbons (Fsp3) is 0.357. The Kier molecular flexibility index (Phi) is 5.27. The molecule has 1 saturated heterocycles. The zero-order valence-corrected chi connectivity index (χ0v) is 12.2. The van der Waals surface area contributed by atoms with Crippen LogP contribution in [0, 0.1) is 11.6 Å². The van der Waals surface area contributed by atoms with E-state index in [0.29, 0.717) is 11.4 Å². The molecular formula is C14H17ClF2N4.